The number of rotatable bonds is 3. The lowest BCUT2D eigenvalue weighted by Gasteiger charge is -2.06. The quantitative estimate of drug-likeness (QED) is 0.804. The first-order valence-electron chi connectivity index (χ1n) is 7.69. The van der Waals surface area contributed by atoms with Crippen molar-refractivity contribution in [2.45, 2.75) is 27.7 Å². The van der Waals surface area contributed by atoms with E-state index in [0.717, 1.165) is 22.5 Å². The number of anilines is 1. The number of carbonyl (C=O) groups excluding carboxylic acids is 1. The number of hydrogen-bond acceptors (Lipinski definition) is 4. The molecule has 2 aromatic heterocycles. The Hall–Kier alpha value is -3.02. The monoisotopic (exact) mass is 321 g/mol. The summed E-state index contributed by atoms with van der Waals surface area (Å²) in [7, 11) is 0. The lowest BCUT2D eigenvalue weighted by molar-refractivity contribution is 0.102. The van der Waals surface area contributed by atoms with Gasteiger partial charge >= 0.3 is 0 Å². The van der Waals surface area contributed by atoms with Gasteiger partial charge in [-0.15, -0.1) is 0 Å². The molecular weight excluding hydrogens is 302 g/mol. The molecule has 0 fully saturated rings. The molecule has 2 heterocycles. The second-order valence-corrected chi connectivity index (χ2v) is 5.80. The number of aryl methyl sites for hydroxylation is 2. The fraction of sp³-hybridized carbons (Fsp3) is 0.222. The number of benzene rings is 1. The molecule has 0 atom stereocenters. The minimum atomic E-state index is -0.187. The highest BCUT2D eigenvalue weighted by molar-refractivity contribution is 6.04. The second-order valence-electron chi connectivity index (χ2n) is 5.80. The van der Waals surface area contributed by atoms with Crippen molar-refractivity contribution in [3.8, 4) is 5.95 Å². The molecule has 0 aliphatic rings. The van der Waals surface area contributed by atoms with E-state index in [-0.39, 0.29) is 5.91 Å². The first-order valence-corrected chi connectivity index (χ1v) is 7.69. The standard InChI is InChI=1S/C18H19N5O/c1-11-5-7-15(8-6-11)17(24)21-16-9-19-18(20-10-16)23-14(4)12(2)13(3)22-23/h5-10H,1-4H3,(H,21,24). The van der Waals surface area contributed by atoms with Crippen LogP contribution in [-0.2, 0) is 0 Å². The Balaban J connectivity index is 1.78. The number of aromatic nitrogens is 4. The minimum Gasteiger partial charge on any atom is -0.319 e. The Bertz CT molecular complexity index is 879. The summed E-state index contributed by atoms with van der Waals surface area (Å²) in [6, 6.07) is 7.39. The van der Waals surface area contributed by atoms with Crippen molar-refractivity contribution in [3.63, 3.8) is 0 Å². The number of nitrogens with zero attached hydrogens (tertiary/aromatic N) is 4. The maximum Gasteiger partial charge on any atom is 0.255 e. The summed E-state index contributed by atoms with van der Waals surface area (Å²) in [5, 5.41) is 7.22. The van der Waals surface area contributed by atoms with Gasteiger partial charge in [-0.2, -0.15) is 5.10 Å². The van der Waals surface area contributed by atoms with E-state index in [1.165, 1.54) is 0 Å². The van der Waals surface area contributed by atoms with Crippen molar-refractivity contribution in [2.75, 3.05) is 5.32 Å². The summed E-state index contributed by atoms with van der Waals surface area (Å²) >= 11 is 0. The first kappa shape index (κ1) is 15.9. The maximum atomic E-state index is 12.2. The van der Waals surface area contributed by atoms with Crippen molar-refractivity contribution in [2.24, 2.45) is 0 Å². The molecule has 6 heteroatoms. The number of carbonyl (C=O) groups is 1. The highest BCUT2D eigenvalue weighted by Crippen LogP contribution is 2.15. The van der Waals surface area contributed by atoms with Crippen LogP contribution in [0.4, 0.5) is 5.69 Å². The van der Waals surface area contributed by atoms with Crippen molar-refractivity contribution in [1.29, 1.82) is 0 Å². The van der Waals surface area contributed by atoms with E-state index in [1.807, 2.05) is 39.8 Å². The van der Waals surface area contributed by atoms with Gasteiger partial charge in [-0.1, -0.05) is 17.7 Å². The van der Waals surface area contributed by atoms with Crippen LogP contribution in [0, 0.1) is 27.7 Å². The molecule has 0 spiro atoms. The van der Waals surface area contributed by atoms with Crippen molar-refractivity contribution < 1.29 is 4.79 Å². The predicted molar refractivity (Wildman–Crippen MR) is 92.5 cm³/mol. The Labute approximate surface area is 140 Å². The van der Waals surface area contributed by atoms with Gasteiger partial charge in [-0.3, -0.25) is 4.79 Å². The van der Waals surface area contributed by atoms with Crippen LogP contribution in [0.25, 0.3) is 5.95 Å². The molecule has 0 bridgehead atoms. The second kappa shape index (κ2) is 6.23. The van der Waals surface area contributed by atoms with Crippen LogP contribution in [0.15, 0.2) is 36.7 Å². The molecule has 6 nitrogen and oxygen atoms in total. The molecule has 0 saturated carbocycles. The highest BCUT2D eigenvalue weighted by Gasteiger charge is 2.11. The highest BCUT2D eigenvalue weighted by atomic mass is 16.1. The van der Waals surface area contributed by atoms with E-state index >= 15 is 0 Å². The van der Waals surface area contributed by atoms with Gasteiger partial charge in [0.05, 0.1) is 23.8 Å². The van der Waals surface area contributed by atoms with E-state index in [2.05, 4.69) is 20.4 Å². The summed E-state index contributed by atoms with van der Waals surface area (Å²) in [6.07, 6.45) is 3.17. The topological polar surface area (TPSA) is 72.7 Å². The van der Waals surface area contributed by atoms with E-state index in [0.29, 0.717) is 17.2 Å². The minimum absolute atomic E-state index is 0.187. The van der Waals surface area contributed by atoms with Crippen LogP contribution in [-0.4, -0.2) is 25.7 Å². The number of amides is 1. The zero-order valence-electron chi connectivity index (χ0n) is 14.2. The number of hydrogen-bond donors (Lipinski definition) is 1. The van der Waals surface area contributed by atoms with E-state index in [4.69, 9.17) is 0 Å². The Morgan fingerprint density at radius 1 is 1.00 bits per heavy atom. The third-order valence-corrected chi connectivity index (χ3v) is 4.05. The fourth-order valence-electron chi connectivity index (χ4n) is 2.32. The van der Waals surface area contributed by atoms with Crippen LogP contribution in [0.2, 0.25) is 0 Å². The lowest BCUT2D eigenvalue weighted by Crippen LogP contribution is -2.13. The first-order chi connectivity index (χ1) is 11.5. The van der Waals surface area contributed by atoms with Crippen LogP contribution in [0.1, 0.15) is 32.9 Å². The average Bonchev–Trinajstić information content (AvgIpc) is 2.84. The predicted octanol–water partition coefficient (Wildman–Crippen LogP) is 3.15. The van der Waals surface area contributed by atoms with Crippen molar-refractivity contribution in [3.05, 3.63) is 64.7 Å². The molecule has 122 valence electrons. The lowest BCUT2D eigenvalue weighted by atomic mass is 10.1. The normalized spacial score (nSPS) is 10.7. The van der Waals surface area contributed by atoms with E-state index < -0.39 is 0 Å². The van der Waals surface area contributed by atoms with E-state index in [9.17, 15) is 4.79 Å². The summed E-state index contributed by atoms with van der Waals surface area (Å²) in [5.74, 6) is 0.297. The summed E-state index contributed by atoms with van der Waals surface area (Å²) in [4.78, 5) is 20.8. The Morgan fingerprint density at radius 2 is 1.62 bits per heavy atom. The maximum absolute atomic E-state index is 12.2. The largest absolute Gasteiger partial charge is 0.319 e. The molecule has 3 rings (SSSR count). The Morgan fingerprint density at radius 3 is 2.17 bits per heavy atom. The molecule has 3 aromatic rings. The van der Waals surface area contributed by atoms with Crippen molar-refractivity contribution >= 4 is 11.6 Å². The molecule has 1 N–H and O–H groups in total. The third-order valence-electron chi connectivity index (χ3n) is 4.05. The van der Waals surface area contributed by atoms with Gasteiger partial charge in [0.1, 0.15) is 0 Å². The fourth-order valence-corrected chi connectivity index (χ4v) is 2.32. The molecule has 1 aromatic carbocycles. The molecule has 0 aliphatic carbocycles. The SMILES string of the molecule is Cc1ccc(C(=O)Nc2cnc(-n3nc(C)c(C)c3C)nc2)cc1. The van der Waals surface area contributed by atoms with Gasteiger partial charge in [0.25, 0.3) is 11.9 Å². The summed E-state index contributed by atoms with van der Waals surface area (Å²) < 4.78 is 1.70. The van der Waals surface area contributed by atoms with Crippen molar-refractivity contribution in [1.82, 2.24) is 19.7 Å². The average molecular weight is 321 g/mol. The number of nitrogens with one attached hydrogen (secondary N) is 1. The van der Waals surface area contributed by atoms with Crippen LogP contribution < -0.4 is 5.32 Å². The summed E-state index contributed by atoms with van der Waals surface area (Å²) in [5.41, 5.74) is 5.33. The van der Waals surface area contributed by atoms with Crippen LogP contribution >= 0.6 is 0 Å². The molecular formula is C18H19N5O. The van der Waals surface area contributed by atoms with Gasteiger partial charge in [0.15, 0.2) is 0 Å². The molecule has 0 radical (unpaired) electrons. The van der Waals surface area contributed by atoms with Gasteiger partial charge in [0, 0.05) is 11.3 Å². The molecule has 0 saturated heterocycles. The zero-order valence-corrected chi connectivity index (χ0v) is 14.2. The summed E-state index contributed by atoms with van der Waals surface area (Å²) in [6.45, 7) is 7.93. The third kappa shape index (κ3) is 3.03. The van der Waals surface area contributed by atoms with Gasteiger partial charge in [-0.05, 0) is 45.4 Å². The molecule has 1 amide bonds. The van der Waals surface area contributed by atoms with Crippen LogP contribution in [0.5, 0.6) is 0 Å². The molecule has 0 unspecified atom stereocenters. The zero-order chi connectivity index (χ0) is 17.3. The molecule has 24 heavy (non-hydrogen) atoms. The van der Waals surface area contributed by atoms with E-state index in [1.54, 1.807) is 29.2 Å². The molecule has 0 aliphatic heterocycles. The van der Waals surface area contributed by atoms with Gasteiger partial charge < -0.3 is 5.32 Å². The smallest absolute Gasteiger partial charge is 0.255 e. The van der Waals surface area contributed by atoms with Gasteiger partial charge in [-0.25, -0.2) is 14.6 Å². The Kier molecular flexibility index (Phi) is 4.12. The van der Waals surface area contributed by atoms with Gasteiger partial charge in [0.2, 0.25) is 0 Å². The van der Waals surface area contributed by atoms with Crippen LogP contribution in [0.3, 0.4) is 0 Å².